The van der Waals surface area contributed by atoms with Gasteiger partial charge in [-0.1, -0.05) is 42.5 Å². The summed E-state index contributed by atoms with van der Waals surface area (Å²) in [4.78, 5) is 12.5. The van der Waals surface area contributed by atoms with Gasteiger partial charge in [0.05, 0.1) is 26.1 Å². The molecule has 172 valence electrons. The van der Waals surface area contributed by atoms with Crippen molar-refractivity contribution in [2.45, 2.75) is 6.61 Å². The number of rotatable bonds is 9. The fraction of sp³-hybridized carbons (Fsp3) is 0.115. The van der Waals surface area contributed by atoms with E-state index in [1.54, 1.807) is 38.5 Å². The van der Waals surface area contributed by atoms with Gasteiger partial charge < -0.3 is 14.2 Å². The van der Waals surface area contributed by atoms with E-state index in [9.17, 15) is 4.79 Å². The van der Waals surface area contributed by atoms with Gasteiger partial charge in [0.2, 0.25) is 0 Å². The molecule has 8 heteroatoms. The van der Waals surface area contributed by atoms with Crippen molar-refractivity contribution < 1.29 is 19.0 Å². The van der Waals surface area contributed by atoms with E-state index in [1.165, 1.54) is 6.21 Å². The molecule has 1 amide bonds. The minimum absolute atomic E-state index is 0.278. The molecule has 34 heavy (non-hydrogen) atoms. The van der Waals surface area contributed by atoms with Crippen molar-refractivity contribution >= 4 is 12.1 Å². The maximum absolute atomic E-state index is 12.5. The second-order valence-corrected chi connectivity index (χ2v) is 7.28. The van der Waals surface area contributed by atoms with Crippen LogP contribution in [0.3, 0.4) is 0 Å². The molecule has 0 spiro atoms. The third kappa shape index (κ3) is 5.60. The third-order valence-electron chi connectivity index (χ3n) is 5.01. The van der Waals surface area contributed by atoms with E-state index in [1.807, 2.05) is 54.6 Å². The highest BCUT2D eigenvalue weighted by Crippen LogP contribution is 2.24. The Labute approximate surface area is 197 Å². The molecule has 1 heterocycles. The fourth-order valence-corrected chi connectivity index (χ4v) is 3.23. The van der Waals surface area contributed by atoms with Gasteiger partial charge in [-0.2, -0.15) is 10.2 Å². The van der Waals surface area contributed by atoms with Crippen LogP contribution in [0, 0.1) is 0 Å². The minimum Gasteiger partial charge on any atom is -0.497 e. The van der Waals surface area contributed by atoms with Gasteiger partial charge >= 0.3 is 0 Å². The van der Waals surface area contributed by atoms with E-state index in [4.69, 9.17) is 14.2 Å². The van der Waals surface area contributed by atoms with Gasteiger partial charge in [0.25, 0.3) is 5.91 Å². The van der Waals surface area contributed by atoms with Crippen LogP contribution < -0.4 is 19.6 Å². The molecule has 4 aromatic rings. The Morgan fingerprint density at radius 2 is 1.82 bits per heavy atom. The summed E-state index contributed by atoms with van der Waals surface area (Å²) in [5.74, 6) is 1.55. The SMILES string of the molecule is COc1ccc(OC)c(C=NNC(=O)c2cc(-c3cccc(OCc4ccccc4)c3)n[nH]2)c1. The molecule has 3 aromatic carbocycles. The minimum atomic E-state index is -0.423. The van der Waals surface area contributed by atoms with E-state index < -0.39 is 5.91 Å². The molecule has 0 aliphatic carbocycles. The normalized spacial score (nSPS) is 10.8. The maximum atomic E-state index is 12.5. The van der Waals surface area contributed by atoms with E-state index in [0.717, 1.165) is 11.1 Å². The van der Waals surface area contributed by atoms with Gasteiger partial charge in [-0.3, -0.25) is 9.89 Å². The Morgan fingerprint density at radius 3 is 2.62 bits per heavy atom. The predicted molar refractivity (Wildman–Crippen MR) is 129 cm³/mol. The third-order valence-corrected chi connectivity index (χ3v) is 5.01. The lowest BCUT2D eigenvalue weighted by molar-refractivity contribution is 0.0950. The number of aromatic amines is 1. The van der Waals surface area contributed by atoms with Crippen molar-refractivity contribution in [1.29, 1.82) is 0 Å². The van der Waals surface area contributed by atoms with Crippen LogP contribution in [0.25, 0.3) is 11.3 Å². The second-order valence-electron chi connectivity index (χ2n) is 7.28. The quantitative estimate of drug-likeness (QED) is 0.287. The first-order valence-corrected chi connectivity index (χ1v) is 10.5. The number of ether oxygens (including phenoxy) is 3. The number of nitrogens with one attached hydrogen (secondary N) is 2. The molecule has 0 atom stereocenters. The number of amides is 1. The van der Waals surface area contributed by atoms with E-state index in [0.29, 0.717) is 35.1 Å². The molecule has 0 aliphatic heterocycles. The van der Waals surface area contributed by atoms with Crippen molar-refractivity contribution in [3.8, 4) is 28.5 Å². The average molecular weight is 457 g/mol. The van der Waals surface area contributed by atoms with E-state index in [-0.39, 0.29) is 5.69 Å². The largest absolute Gasteiger partial charge is 0.497 e. The Morgan fingerprint density at radius 1 is 0.971 bits per heavy atom. The summed E-state index contributed by atoms with van der Waals surface area (Å²) in [5, 5.41) is 11.0. The number of H-pyrrole nitrogens is 1. The molecular formula is C26H24N4O4. The number of hydrogen-bond donors (Lipinski definition) is 2. The van der Waals surface area contributed by atoms with Crippen LogP contribution in [0.15, 0.2) is 84.0 Å². The highest BCUT2D eigenvalue weighted by molar-refractivity contribution is 5.94. The summed E-state index contributed by atoms with van der Waals surface area (Å²) in [6.45, 7) is 0.467. The summed E-state index contributed by atoms with van der Waals surface area (Å²) in [5.41, 5.74) is 5.96. The molecular weight excluding hydrogens is 432 g/mol. The summed E-state index contributed by atoms with van der Waals surface area (Å²) in [6, 6.07) is 24.5. The lowest BCUT2D eigenvalue weighted by Crippen LogP contribution is -2.18. The average Bonchev–Trinajstić information content (AvgIpc) is 3.39. The molecule has 0 aliphatic rings. The monoisotopic (exact) mass is 456 g/mol. The molecule has 1 aromatic heterocycles. The first kappa shape index (κ1) is 22.6. The Kier molecular flexibility index (Phi) is 7.19. The number of methoxy groups -OCH3 is 2. The Hall–Kier alpha value is -4.59. The van der Waals surface area contributed by atoms with Crippen LogP contribution >= 0.6 is 0 Å². The number of carbonyl (C=O) groups is 1. The molecule has 0 radical (unpaired) electrons. The van der Waals surface area contributed by atoms with Crippen molar-refractivity contribution in [2.24, 2.45) is 5.10 Å². The van der Waals surface area contributed by atoms with Crippen LogP contribution in [0.4, 0.5) is 0 Å². The molecule has 0 saturated carbocycles. The number of aromatic nitrogens is 2. The highest BCUT2D eigenvalue weighted by atomic mass is 16.5. The predicted octanol–water partition coefficient (Wildman–Crippen LogP) is 4.44. The molecule has 0 bridgehead atoms. The fourth-order valence-electron chi connectivity index (χ4n) is 3.23. The lowest BCUT2D eigenvalue weighted by atomic mass is 10.1. The second kappa shape index (κ2) is 10.8. The summed E-state index contributed by atoms with van der Waals surface area (Å²) in [7, 11) is 3.14. The standard InChI is InChI=1S/C26H24N4O4/c1-32-21-11-12-25(33-2)20(14-21)16-27-30-26(31)24-15-23(28-29-24)19-9-6-10-22(13-19)34-17-18-7-4-3-5-8-18/h3-16H,17H2,1-2H3,(H,28,29)(H,30,31). The molecule has 4 rings (SSSR count). The van der Waals surface area contributed by atoms with Crippen LogP contribution in [0.1, 0.15) is 21.6 Å². The lowest BCUT2D eigenvalue weighted by Gasteiger charge is -2.07. The van der Waals surface area contributed by atoms with E-state index in [2.05, 4.69) is 20.7 Å². The number of hydrogen-bond acceptors (Lipinski definition) is 6. The van der Waals surface area contributed by atoms with Crippen molar-refractivity contribution in [3.05, 3.63) is 95.7 Å². The molecule has 8 nitrogen and oxygen atoms in total. The number of benzene rings is 3. The molecule has 2 N–H and O–H groups in total. The van der Waals surface area contributed by atoms with Gasteiger partial charge in [0.1, 0.15) is 29.5 Å². The summed E-state index contributed by atoms with van der Waals surface area (Å²) < 4.78 is 16.4. The summed E-state index contributed by atoms with van der Waals surface area (Å²) in [6.07, 6.45) is 1.49. The van der Waals surface area contributed by atoms with Crippen LogP contribution in [-0.4, -0.2) is 36.5 Å². The van der Waals surface area contributed by atoms with Crippen molar-refractivity contribution in [3.63, 3.8) is 0 Å². The summed E-state index contributed by atoms with van der Waals surface area (Å²) >= 11 is 0. The van der Waals surface area contributed by atoms with Crippen molar-refractivity contribution in [1.82, 2.24) is 15.6 Å². The van der Waals surface area contributed by atoms with E-state index >= 15 is 0 Å². The first-order valence-electron chi connectivity index (χ1n) is 10.5. The van der Waals surface area contributed by atoms with Gasteiger partial charge in [-0.15, -0.1) is 0 Å². The van der Waals surface area contributed by atoms with Gasteiger partial charge in [-0.05, 0) is 42.0 Å². The van der Waals surface area contributed by atoms with Crippen LogP contribution in [0.2, 0.25) is 0 Å². The number of nitrogens with zero attached hydrogens (tertiary/aromatic N) is 2. The molecule has 0 fully saturated rings. The van der Waals surface area contributed by atoms with Crippen LogP contribution in [-0.2, 0) is 6.61 Å². The topological polar surface area (TPSA) is 97.8 Å². The molecule has 0 saturated heterocycles. The Bertz CT molecular complexity index is 1280. The maximum Gasteiger partial charge on any atom is 0.289 e. The van der Waals surface area contributed by atoms with Crippen molar-refractivity contribution in [2.75, 3.05) is 14.2 Å². The highest BCUT2D eigenvalue weighted by Gasteiger charge is 2.11. The van der Waals surface area contributed by atoms with Gasteiger partial charge in [-0.25, -0.2) is 5.43 Å². The number of hydrazone groups is 1. The first-order chi connectivity index (χ1) is 16.7. The number of carbonyl (C=O) groups excluding carboxylic acids is 1. The smallest absolute Gasteiger partial charge is 0.289 e. The van der Waals surface area contributed by atoms with Crippen LogP contribution in [0.5, 0.6) is 17.2 Å². The van der Waals surface area contributed by atoms with Gasteiger partial charge in [0, 0.05) is 11.1 Å². The molecule has 0 unspecified atom stereocenters. The Balaban J connectivity index is 1.40. The zero-order valence-corrected chi connectivity index (χ0v) is 18.8. The van der Waals surface area contributed by atoms with Gasteiger partial charge in [0.15, 0.2) is 0 Å². The zero-order valence-electron chi connectivity index (χ0n) is 18.8. The zero-order chi connectivity index (χ0) is 23.8.